The first kappa shape index (κ1) is 19.4. The molecule has 0 fully saturated rings. The average Bonchev–Trinajstić information content (AvgIpc) is 3.16. The molecule has 0 radical (unpaired) electrons. The molecular formula is C22H19N3O5. The van der Waals surface area contributed by atoms with E-state index < -0.39 is 5.91 Å². The monoisotopic (exact) mass is 405 g/mol. The Labute approximate surface area is 171 Å². The summed E-state index contributed by atoms with van der Waals surface area (Å²) < 4.78 is 15.8. The molecule has 0 aliphatic rings. The van der Waals surface area contributed by atoms with Crippen LogP contribution in [0.2, 0.25) is 0 Å². The number of hydrogen-bond donors (Lipinski definition) is 1. The van der Waals surface area contributed by atoms with Crippen molar-refractivity contribution in [2.24, 2.45) is 0 Å². The second kappa shape index (κ2) is 7.47. The van der Waals surface area contributed by atoms with Gasteiger partial charge in [0.1, 0.15) is 11.3 Å². The fourth-order valence-electron chi connectivity index (χ4n) is 3.37. The lowest BCUT2D eigenvalue weighted by Crippen LogP contribution is -2.16. The molecule has 0 atom stereocenters. The van der Waals surface area contributed by atoms with Crippen LogP contribution in [0.5, 0.6) is 5.75 Å². The SMILES string of the molecule is COc1ccc(-c2nonc2NC(=O)c2cc(=O)c3cc(C)cc(C)c3o2)c(C)c1. The third kappa shape index (κ3) is 3.43. The van der Waals surface area contributed by atoms with Gasteiger partial charge in [0, 0.05) is 11.6 Å². The normalized spacial score (nSPS) is 10.9. The fourth-order valence-corrected chi connectivity index (χ4v) is 3.37. The summed E-state index contributed by atoms with van der Waals surface area (Å²) in [5, 5.41) is 10.7. The van der Waals surface area contributed by atoms with Crippen molar-refractivity contribution in [3.05, 3.63) is 69.1 Å². The van der Waals surface area contributed by atoms with E-state index in [2.05, 4.69) is 15.6 Å². The molecule has 30 heavy (non-hydrogen) atoms. The number of benzene rings is 2. The Morgan fingerprint density at radius 2 is 1.83 bits per heavy atom. The van der Waals surface area contributed by atoms with E-state index in [1.165, 1.54) is 6.07 Å². The molecule has 0 aliphatic carbocycles. The van der Waals surface area contributed by atoms with E-state index >= 15 is 0 Å². The van der Waals surface area contributed by atoms with Crippen molar-refractivity contribution in [1.82, 2.24) is 10.3 Å². The number of nitrogens with one attached hydrogen (secondary N) is 1. The first-order valence-corrected chi connectivity index (χ1v) is 9.21. The van der Waals surface area contributed by atoms with E-state index in [9.17, 15) is 9.59 Å². The molecule has 0 unspecified atom stereocenters. The van der Waals surface area contributed by atoms with Crippen LogP contribution in [-0.2, 0) is 0 Å². The molecule has 0 saturated carbocycles. The molecule has 0 bridgehead atoms. The number of fused-ring (bicyclic) bond motifs is 1. The highest BCUT2D eigenvalue weighted by Crippen LogP contribution is 2.30. The number of carbonyl (C=O) groups excluding carboxylic acids is 1. The Bertz CT molecular complexity index is 1340. The lowest BCUT2D eigenvalue weighted by atomic mass is 10.1. The van der Waals surface area contributed by atoms with Crippen LogP contribution in [-0.4, -0.2) is 23.3 Å². The predicted molar refractivity (Wildman–Crippen MR) is 111 cm³/mol. The van der Waals surface area contributed by atoms with E-state index in [4.69, 9.17) is 13.8 Å². The van der Waals surface area contributed by atoms with E-state index in [-0.39, 0.29) is 17.0 Å². The average molecular weight is 405 g/mol. The number of methoxy groups -OCH3 is 1. The standard InChI is InChI=1S/C22H19N3O5/c1-11-7-13(3)20-16(8-11)17(26)10-18(29-20)22(27)23-21-19(24-30-25-21)15-6-5-14(28-4)9-12(15)2/h5-10H,1-4H3,(H,23,25,27). The van der Waals surface area contributed by atoms with Gasteiger partial charge in [-0.2, -0.15) is 0 Å². The summed E-state index contributed by atoms with van der Waals surface area (Å²) in [4.78, 5) is 25.3. The number of nitrogens with zero attached hydrogens (tertiary/aromatic N) is 2. The van der Waals surface area contributed by atoms with Crippen molar-refractivity contribution < 1.29 is 18.6 Å². The Kier molecular flexibility index (Phi) is 4.83. The van der Waals surface area contributed by atoms with Crippen molar-refractivity contribution in [1.29, 1.82) is 0 Å². The summed E-state index contributed by atoms with van der Waals surface area (Å²) >= 11 is 0. The number of aromatic nitrogens is 2. The second-order valence-corrected chi connectivity index (χ2v) is 7.03. The van der Waals surface area contributed by atoms with Crippen molar-refractivity contribution in [2.45, 2.75) is 20.8 Å². The second-order valence-electron chi connectivity index (χ2n) is 7.03. The van der Waals surface area contributed by atoms with Crippen molar-refractivity contribution in [3.63, 3.8) is 0 Å². The van der Waals surface area contributed by atoms with E-state index in [0.717, 1.165) is 22.3 Å². The maximum Gasteiger partial charge on any atom is 0.292 e. The molecule has 0 aliphatic heterocycles. The molecule has 8 nitrogen and oxygen atoms in total. The zero-order chi connectivity index (χ0) is 21.4. The summed E-state index contributed by atoms with van der Waals surface area (Å²) in [5.74, 6) is 0.0652. The van der Waals surface area contributed by atoms with Gasteiger partial charge in [-0.25, -0.2) is 4.63 Å². The summed E-state index contributed by atoms with van der Waals surface area (Å²) in [7, 11) is 1.58. The van der Waals surface area contributed by atoms with Crippen LogP contribution in [0.15, 0.2) is 50.2 Å². The van der Waals surface area contributed by atoms with Gasteiger partial charge in [0.05, 0.1) is 12.5 Å². The molecule has 152 valence electrons. The summed E-state index contributed by atoms with van der Waals surface area (Å²) in [6.45, 7) is 5.60. The molecule has 2 heterocycles. The van der Waals surface area contributed by atoms with Crippen LogP contribution in [0.3, 0.4) is 0 Å². The zero-order valence-electron chi connectivity index (χ0n) is 16.9. The molecule has 1 N–H and O–H groups in total. The van der Waals surface area contributed by atoms with E-state index in [1.54, 1.807) is 25.3 Å². The third-order valence-electron chi connectivity index (χ3n) is 4.79. The van der Waals surface area contributed by atoms with E-state index in [0.29, 0.717) is 22.4 Å². The smallest absolute Gasteiger partial charge is 0.292 e. The molecule has 0 saturated heterocycles. The predicted octanol–water partition coefficient (Wildman–Crippen LogP) is 4.03. The minimum atomic E-state index is -0.628. The van der Waals surface area contributed by atoms with Crippen molar-refractivity contribution >= 4 is 22.7 Å². The first-order chi connectivity index (χ1) is 14.4. The van der Waals surface area contributed by atoms with Crippen LogP contribution in [0.25, 0.3) is 22.2 Å². The molecule has 2 aromatic heterocycles. The Morgan fingerprint density at radius 3 is 2.57 bits per heavy atom. The number of hydrogen-bond acceptors (Lipinski definition) is 7. The highest BCUT2D eigenvalue weighted by atomic mass is 16.6. The zero-order valence-corrected chi connectivity index (χ0v) is 16.9. The Hall–Kier alpha value is -3.94. The first-order valence-electron chi connectivity index (χ1n) is 9.21. The van der Waals surface area contributed by atoms with E-state index in [1.807, 2.05) is 32.9 Å². The van der Waals surface area contributed by atoms with Crippen LogP contribution in [0.1, 0.15) is 27.2 Å². The summed E-state index contributed by atoms with van der Waals surface area (Å²) in [6.07, 6.45) is 0. The highest BCUT2D eigenvalue weighted by Gasteiger charge is 2.20. The van der Waals surface area contributed by atoms with Crippen molar-refractivity contribution in [2.75, 3.05) is 12.4 Å². The summed E-state index contributed by atoms with van der Waals surface area (Å²) in [6, 6.07) is 10.2. The molecule has 4 rings (SSSR count). The van der Waals surface area contributed by atoms with Gasteiger partial charge in [-0.1, -0.05) is 6.07 Å². The number of amides is 1. The van der Waals surface area contributed by atoms with Gasteiger partial charge in [-0.3, -0.25) is 14.9 Å². The highest BCUT2D eigenvalue weighted by molar-refractivity contribution is 6.04. The largest absolute Gasteiger partial charge is 0.497 e. The Morgan fingerprint density at radius 1 is 1.03 bits per heavy atom. The lowest BCUT2D eigenvalue weighted by Gasteiger charge is -2.08. The van der Waals surface area contributed by atoms with Gasteiger partial charge in [-0.15, -0.1) is 0 Å². The minimum Gasteiger partial charge on any atom is -0.497 e. The molecular weight excluding hydrogens is 386 g/mol. The molecule has 4 aromatic rings. The Balaban J connectivity index is 1.69. The van der Waals surface area contributed by atoms with Gasteiger partial charge in [-0.05, 0) is 72.0 Å². The van der Waals surface area contributed by atoms with Gasteiger partial charge >= 0.3 is 0 Å². The van der Waals surface area contributed by atoms with Crippen LogP contribution in [0, 0.1) is 20.8 Å². The molecule has 1 amide bonds. The maximum absolute atomic E-state index is 12.8. The molecule has 0 spiro atoms. The topological polar surface area (TPSA) is 107 Å². The number of anilines is 1. The van der Waals surface area contributed by atoms with Gasteiger partial charge in [0.15, 0.2) is 16.9 Å². The third-order valence-corrected chi connectivity index (χ3v) is 4.79. The summed E-state index contributed by atoms with van der Waals surface area (Å²) in [5.41, 5.74) is 3.74. The minimum absolute atomic E-state index is 0.122. The van der Waals surface area contributed by atoms with Crippen LogP contribution in [0.4, 0.5) is 5.82 Å². The fraction of sp³-hybridized carbons (Fsp3) is 0.182. The lowest BCUT2D eigenvalue weighted by molar-refractivity contribution is 0.0996. The molecule has 8 heteroatoms. The van der Waals surface area contributed by atoms with Crippen molar-refractivity contribution in [3.8, 4) is 17.0 Å². The maximum atomic E-state index is 12.8. The quantitative estimate of drug-likeness (QED) is 0.546. The molecule has 2 aromatic carbocycles. The van der Waals surface area contributed by atoms with Gasteiger partial charge in [0.25, 0.3) is 5.91 Å². The number of rotatable bonds is 4. The van der Waals surface area contributed by atoms with Crippen LogP contribution >= 0.6 is 0 Å². The number of carbonyl (C=O) groups is 1. The number of ether oxygens (including phenoxy) is 1. The van der Waals surface area contributed by atoms with Gasteiger partial charge in [0.2, 0.25) is 5.82 Å². The number of aryl methyl sites for hydroxylation is 3. The van der Waals surface area contributed by atoms with Crippen LogP contribution < -0.4 is 15.5 Å². The van der Waals surface area contributed by atoms with Gasteiger partial charge < -0.3 is 9.15 Å².